The van der Waals surface area contributed by atoms with Gasteiger partial charge < -0.3 is 29.3 Å². The summed E-state index contributed by atoms with van der Waals surface area (Å²) >= 11 is 0. The highest BCUT2D eigenvalue weighted by Gasteiger charge is 2.27. The van der Waals surface area contributed by atoms with E-state index in [1.807, 2.05) is 17.0 Å². The van der Waals surface area contributed by atoms with Crippen molar-refractivity contribution in [2.45, 2.75) is 38.3 Å². The van der Waals surface area contributed by atoms with E-state index < -0.39 is 6.23 Å². The van der Waals surface area contributed by atoms with E-state index in [4.69, 9.17) is 19.4 Å². The fourth-order valence-electron chi connectivity index (χ4n) is 3.98. The van der Waals surface area contributed by atoms with Crippen molar-refractivity contribution in [1.82, 2.24) is 14.9 Å². The van der Waals surface area contributed by atoms with Crippen LogP contribution in [0, 0.1) is 0 Å². The fraction of sp³-hybridized carbons (Fsp3) is 0.636. The minimum atomic E-state index is -0.519. The molecule has 164 valence electrons. The minimum Gasteiger partial charge on any atom is -0.493 e. The lowest BCUT2D eigenvalue weighted by Gasteiger charge is -2.36. The maximum Gasteiger partial charge on any atom is 0.227 e. The van der Waals surface area contributed by atoms with Gasteiger partial charge in [-0.2, -0.15) is 4.98 Å². The van der Waals surface area contributed by atoms with E-state index >= 15 is 0 Å². The molecule has 4 rings (SSSR count). The highest BCUT2D eigenvalue weighted by atomic mass is 16.5. The molecule has 1 aromatic heterocycles. The van der Waals surface area contributed by atoms with Gasteiger partial charge in [0.15, 0.2) is 11.5 Å². The van der Waals surface area contributed by atoms with E-state index in [-0.39, 0.29) is 0 Å². The minimum absolute atomic E-state index is 0.519. The van der Waals surface area contributed by atoms with Crippen LogP contribution in [0.25, 0.3) is 10.9 Å². The molecule has 0 radical (unpaired) electrons. The molecule has 8 nitrogen and oxygen atoms in total. The van der Waals surface area contributed by atoms with E-state index in [2.05, 4.69) is 23.9 Å². The number of hydrogen-bond donors (Lipinski definition) is 1. The van der Waals surface area contributed by atoms with Crippen molar-refractivity contribution >= 4 is 22.7 Å². The lowest BCUT2D eigenvalue weighted by Crippen LogP contribution is -2.41. The van der Waals surface area contributed by atoms with E-state index in [0.717, 1.165) is 81.0 Å². The number of aromatic nitrogens is 2. The maximum absolute atomic E-state index is 10.6. The maximum atomic E-state index is 10.6. The van der Waals surface area contributed by atoms with Gasteiger partial charge in [-0.25, -0.2) is 4.98 Å². The number of methoxy groups -OCH3 is 1. The quantitative estimate of drug-likeness (QED) is 0.659. The molecule has 1 atom stereocenters. The number of ether oxygens (including phenoxy) is 2. The Kier molecular flexibility index (Phi) is 6.43. The summed E-state index contributed by atoms with van der Waals surface area (Å²) in [6.45, 7) is 4.31. The second-order valence-electron chi connectivity index (χ2n) is 8.38. The highest BCUT2D eigenvalue weighted by molar-refractivity contribution is 5.93. The molecular weight excluding hydrogens is 382 g/mol. The van der Waals surface area contributed by atoms with Crippen molar-refractivity contribution in [2.24, 2.45) is 0 Å². The second kappa shape index (κ2) is 9.22. The molecule has 1 unspecified atom stereocenters. The van der Waals surface area contributed by atoms with E-state index in [1.165, 1.54) is 0 Å². The molecular formula is C22H33N5O3. The number of aliphatic hydroxyl groups excluding tert-OH is 1. The molecule has 30 heavy (non-hydrogen) atoms. The summed E-state index contributed by atoms with van der Waals surface area (Å²) in [6.07, 6.45) is 4.41. The molecule has 2 fully saturated rings. The molecule has 2 aliphatic rings. The standard InChI is InChI=1S/C22H33N5O3/c1-25(2)9-7-13-30-19-15-17-16(14-18(19)29-3)21(27-12-5-4-8-20(27)28)24-22(23-17)26-10-6-11-26/h14-15,20,28H,4-13H2,1-3H3. The lowest BCUT2D eigenvalue weighted by atomic mass is 10.1. The molecule has 1 aromatic carbocycles. The smallest absolute Gasteiger partial charge is 0.227 e. The first-order valence-corrected chi connectivity index (χ1v) is 10.9. The van der Waals surface area contributed by atoms with Gasteiger partial charge in [0.2, 0.25) is 5.95 Å². The average molecular weight is 416 g/mol. The average Bonchev–Trinajstić information content (AvgIpc) is 2.69. The fourth-order valence-corrected chi connectivity index (χ4v) is 3.98. The SMILES string of the molecule is COc1cc2c(N3CCCCC3O)nc(N3CCC3)nc2cc1OCCCN(C)C. The zero-order chi connectivity index (χ0) is 21.1. The monoisotopic (exact) mass is 415 g/mol. The van der Waals surface area contributed by atoms with Crippen LogP contribution in [0.3, 0.4) is 0 Å². The zero-order valence-corrected chi connectivity index (χ0v) is 18.3. The molecule has 0 saturated carbocycles. The van der Waals surface area contributed by atoms with Gasteiger partial charge in [-0.15, -0.1) is 0 Å². The number of aliphatic hydroxyl groups is 1. The van der Waals surface area contributed by atoms with Gasteiger partial charge in [0.05, 0.1) is 19.2 Å². The Labute approximate surface area is 178 Å². The van der Waals surface area contributed by atoms with Crippen molar-refractivity contribution in [1.29, 1.82) is 0 Å². The summed E-state index contributed by atoms with van der Waals surface area (Å²) in [5.74, 6) is 2.87. The zero-order valence-electron chi connectivity index (χ0n) is 18.3. The highest BCUT2D eigenvalue weighted by Crippen LogP contribution is 2.38. The Hall–Kier alpha value is -2.32. The first-order valence-electron chi connectivity index (χ1n) is 10.9. The predicted molar refractivity (Wildman–Crippen MR) is 119 cm³/mol. The Balaban J connectivity index is 1.72. The predicted octanol–water partition coefficient (Wildman–Crippen LogP) is 2.49. The van der Waals surface area contributed by atoms with Gasteiger partial charge in [-0.1, -0.05) is 0 Å². The molecule has 2 aromatic rings. The summed E-state index contributed by atoms with van der Waals surface area (Å²) < 4.78 is 11.7. The normalized spacial score (nSPS) is 19.3. The summed E-state index contributed by atoms with van der Waals surface area (Å²) in [7, 11) is 5.77. The van der Waals surface area contributed by atoms with Crippen LogP contribution in [0.15, 0.2) is 12.1 Å². The number of nitrogens with zero attached hydrogens (tertiary/aromatic N) is 5. The van der Waals surface area contributed by atoms with E-state index in [1.54, 1.807) is 7.11 Å². The lowest BCUT2D eigenvalue weighted by molar-refractivity contribution is 0.139. The summed E-state index contributed by atoms with van der Waals surface area (Å²) in [5.41, 5.74) is 0.822. The molecule has 0 amide bonds. The molecule has 8 heteroatoms. The van der Waals surface area contributed by atoms with Crippen LogP contribution < -0.4 is 19.3 Å². The molecule has 2 saturated heterocycles. The largest absolute Gasteiger partial charge is 0.493 e. The molecule has 2 aliphatic heterocycles. The Morgan fingerprint density at radius 2 is 1.93 bits per heavy atom. The Bertz CT molecular complexity index is 871. The number of hydrogen-bond acceptors (Lipinski definition) is 8. The van der Waals surface area contributed by atoms with E-state index in [0.29, 0.717) is 18.1 Å². The Morgan fingerprint density at radius 1 is 1.10 bits per heavy atom. The van der Waals surface area contributed by atoms with Gasteiger partial charge in [0.25, 0.3) is 0 Å². The molecule has 3 heterocycles. The molecule has 0 spiro atoms. The van der Waals surface area contributed by atoms with Crippen LogP contribution >= 0.6 is 0 Å². The first kappa shape index (κ1) is 20.9. The Morgan fingerprint density at radius 3 is 2.60 bits per heavy atom. The first-order chi connectivity index (χ1) is 14.6. The van der Waals surface area contributed by atoms with Crippen LogP contribution in [0.2, 0.25) is 0 Å². The summed E-state index contributed by atoms with van der Waals surface area (Å²) in [6, 6.07) is 3.90. The summed E-state index contributed by atoms with van der Waals surface area (Å²) in [5, 5.41) is 11.5. The third-order valence-corrected chi connectivity index (χ3v) is 5.84. The van der Waals surface area contributed by atoms with Crippen molar-refractivity contribution in [2.75, 3.05) is 63.8 Å². The van der Waals surface area contributed by atoms with Crippen LogP contribution in [0.5, 0.6) is 11.5 Å². The van der Waals surface area contributed by atoms with Crippen molar-refractivity contribution in [3.8, 4) is 11.5 Å². The third kappa shape index (κ3) is 4.39. The van der Waals surface area contributed by atoms with Crippen molar-refractivity contribution in [3.05, 3.63) is 12.1 Å². The van der Waals surface area contributed by atoms with Crippen LogP contribution in [0.4, 0.5) is 11.8 Å². The third-order valence-electron chi connectivity index (χ3n) is 5.84. The van der Waals surface area contributed by atoms with E-state index in [9.17, 15) is 5.11 Å². The van der Waals surface area contributed by atoms with Gasteiger partial charge in [0, 0.05) is 37.6 Å². The van der Waals surface area contributed by atoms with Crippen molar-refractivity contribution in [3.63, 3.8) is 0 Å². The van der Waals surface area contributed by atoms with Gasteiger partial charge in [0.1, 0.15) is 12.0 Å². The van der Waals surface area contributed by atoms with Crippen LogP contribution in [-0.4, -0.2) is 80.2 Å². The molecule has 0 aliphatic carbocycles. The number of piperidine rings is 1. The molecule has 1 N–H and O–H groups in total. The van der Waals surface area contributed by atoms with Gasteiger partial charge >= 0.3 is 0 Å². The van der Waals surface area contributed by atoms with Crippen LogP contribution in [-0.2, 0) is 0 Å². The van der Waals surface area contributed by atoms with Gasteiger partial charge in [-0.3, -0.25) is 0 Å². The topological polar surface area (TPSA) is 74.2 Å². The second-order valence-corrected chi connectivity index (χ2v) is 8.38. The molecule has 0 bridgehead atoms. The number of anilines is 2. The number of fused-ring (bicyclic) bond motifs is 1. The summed E-state index contributed by atoms with van der Waals surface area (Å²) in [4.78, 5) is 16.0. The van der Waals surface area contributed by atoms with Gasteiger partial charge in [-0.05, 0) is 52.3 Å². The van der Waals surface area contributed by atoms with Crippen LogP contribution in [0.1, 0.15) is 32.1 Å². The number of rotatable bonds is 8. The van der Waals surface area contributed by atoms with Crippen molar-refractivity contribution < 1.29 is 14.6 Å². The number of benzene rings is 1.